The van der Waals surface area contributed by atoms with Crippen molar-refractivity contribution in [1.29, 1.82) is 0 Å². The molecule has 1 aliphatic carbocycles. The zero-order valence-corrected chi connectivity index (χ0v) is 11.4. The fraction of sp³-hybridized carbons (Fsp3) is 0.923. The van der Waals surface area contributed by atoms with Gasteiger partial charge in [0.2, 0.25) is 0 Å². The highest BCUT2D eigenvalue weighted by atomic mass is 16.5. The van der Waals surface area contributed by atoms with Crippen LogP contribution in [0.15, 0.2) is 0 Å². The van der Waals surface area contributed by atoms with Gasteiger partial charge in [0.25, 0.3) is 0 Å². The predicted octanol–water partition coefficient (Wildman–Crippen LogP) is 1.88. The average molecular weight is 243 g/mol. The van der Waals surface area contributed by atoms with Gasteiger partial charge in [0.1, 0.15) is 5.54 Å². The molecule has 17 heavy (non-hydrogen) atoms. The molecule has 1 N–H and O–H groups in total. The molecule has 0 spiro atoms. The van der Waals surface area contributed by atoms with Crippen LogP contribution in [0.4, 0.5) is 0 Å². The third-order valence-corrected chi connectivity index (χ3v) is 3.25. The number of nitrogens with one attached hydrogen (secondary N) is 1. The summed E-state index contributed by atoms with van der Waals surface area (Å²) < 4.78 is 10.6. The van der Waals surface area contributed by atoms with Crippen molar-refractivity contribution in [2.75, 3.05) is 13.7 Å². The van der Waals surface area contributed by atoms with Gasteiger partial charge in [-0.25, -0.2) is 0 Å². The van der Waals surface area contributed by atoms with Crippen molar-refractivity contribution in [1.82, 2.24) is 5.32 Å². The van der Waals surface area contributed by atoms with Crippen LogP contribution in [0.3, 0.4) is 0 Å². The summed E-state index contributed by atoms with van der Waals surface area (Å²) in [5.41, 5.74) is -0.646. The van der Waals surface area contributed by atoms with E-state index in [4.69, 9.17) is 9.47 Å². The molecule has 1 atom stereocenters. The van der Waals surface area contributed by atoms with Gasteiger partial charge in [-0.2, -0.15) is 0 Å². The number of hydrogen-bond donors (Lipinski definition) is 1. The molecule has 1 saturated carbocycles. The maximum absolute atomic E-state index is 11.8. The van der Waals surface area contributed by atoms with E-state index in [1.54, 1.807) is 0 Å². The fourth-order valence-electron chi connectivity index (χ4n) is 2.06. The lowest BCUT2D eigenvalue weighted by atomic mass is 9.95. The number of hydrogen-bond acceptors (Lipinski definition) is 4. The van der Waals surface area contributed by atoms with Crippen LogP contribution in [0.5, 0.6) is 0 Å². The molecule has 0 saturated heterocycles. The Balaban J connectivity index is 2.41. The molecule has 0 bridgehead atoms. The van der Waals surface area contributed by atoms with E-state index < -0.39 is 5.54 Å². The number of carbonyl (C=O) groups excluding carboxylic acids is 1. The third kappa shape index (κ3) is 4.28. The van der Waals surface area contributed by atoms with Crippen molar-refractivity contribution < 1.29 is 14.3 Å². The van der Waals surface area contributed by atoms with Gasteiger partial charge in [0.15, 0.2) is 0 Å². The van der Waals surface area contributed by atoms with Crippen LogP contribution >= 0.6 is 0 Å². The third-order valence-electron chi connectivity index (χ3n) is 3.25. The van der Waals surface area contributed by atoms with Gasteiger partial charge in [-0.05, 0) is 46.5 Å². The Morgan fingerprint density at radius 3 is 2.53 bits per heavy atom. The highest BCUT2D eigenvalue weighted by molar-refractivity contribution is 5.80. The standard InChI is InChI=1S/C13H25NO3/c1-10(2)14-13(3,12(15)16-4)8-9-17-11-6-5-7-11/h10-11,14H,5-9H2,1-4H3. The molecule has 0 amide bonds. The van der Waals surface area contributed by atoms with E-state index in [9.17, 15) is 4.79 Å². The molecule has 0 aromatic carbocycles. The van der Waals surface area contributed by atoms with Crippen molar-refractivity contribution in [2.45, 2.75) is 64.1 Å². The summed E-state index contributed by atoms with van der Waals surface area (Å²) >= 11 is 0. The number of methoxy groups -OCH3 is 1. The second-order valence-electron chi connectivity index (χ2n) is 5.30. The lowest BCUT2D eigenvalue weighted by Crippen LogP contribution is -2.53. The minimum absolute atomic E-state index is 0.219. The molecule has 1 fully saturated rings. The van der Waals surface area contributed by atoms with Crippen LogP contribution in [0.2, 0.25) is 0 Å². The molecule has 0 aromatic heterocycles. The van der Waals surface area contributed by atoms with Crippen LogP contribution in [0.25, 0.3) is 0 Å². The molecule has 1 rings (SSSR count). The Bertz CT molecular complexity index is 251. The Labute approximate surface area is 104 Å². The van der Waals surface area contributed by atoms with Gasteiger partial charge >= 0.3 is 5.97 Å². The lowest BCUT2D eigenvalue weighted by molar-refractivity contribution is -0.149. The van der Waals surface area contributed by atoms with Crippen molar-refractivity contribution in [2.24, 2.45) is 0 Å². The zero-order chi connectivity index (χ0) is 12.9. The Hall–Kier alpha value is -0.610. The second kappa shape index (κ2) is 6.36. The van der Waals surface area contributed by atoms with E-state index in [0.717, 1.165) is 12.8 Å². The van der Waals surface area contributed by atoms with E-state index in [2.05, 4.69) is 5.32 Å². The van der Waals surface area contributed by atoms with Gasteiger partial charge in [0, 0.05) is 12.6 Å². The molecule has 100 valence electrons. The van der Waals surface area contributed by atoms with Gasteiger partial charge in [-0.15, -0.1) is 0 Å². The minimum Gasteiger partial charge on any atom is -0.468 e. The summed E-state index contributed by atoms with van der Waals surface area (Å²) in [7, 11) is 1.43. The Morgan fingerprint density at radius 2 is 2.12 bits per heavy atom. The Kier molecular flexibility index (Phi) is 5.40. The van der Waals surface area contributed by atoms with E-state index in [1.807, 2.05) is 20.8 Å². The number of esters is 1. The summed E-state index contributed by atoms with van der Waals surface area (Å²) in [5.74, 6) is -0.219. The van der Waals surface area contributed by atoms with Gasteiger partial charge in [0.05, 0.1) is 13.2 Å². The van der Waals surface area contributed by atoms with Crippen LogP contribution in [-0.4, -0.2) is 37.4 Å². The van der Waals surface area contributed by atoms with Crippen molar-refractivity contribution in [3.05, 3.63) is 0 Å². The normalized spacial score (nSPS) is 19.8. The molecule has 0 radical (unpaired) electrons. The van der Waals surface area contributed by atoms with E-state index in [0.29, 0.717) is 19.1 Å². The Morgan fingerprint density at radius 1 is 1.47 bits per heavy atom. The smallest absolute Gasteiger partial charge is 0.325 e. The maximum Gasteiger partial charge on any atom is 0.325 e. The first-order valence-corrected chi connectivity index (χ1v) is 6.45. The zero-order valence-electron chi connectivity index (χ0n) is 11.4. The summed E-state index contributed by atoms with van der Waals surface area (Å²) in [6.07, 6.45) is 4.65. The average Bonchev–Trinajstić information content (AvgIpc) is 2.19. The number of rotatable bonds is 7. The summed E-state index contributed by atoms with van der Waals surface area (Å²) in [5, 5.41) is 3.26. The van der Waals surface area contributed by atoms with Crippen LogP contribution in [-0.2, 0) is 14.3 Å². The van der Waals surface area contributed by atoms with Crippen molar-refractivity contribution in [3.63, 3.8) is 0 Å². The molecule has 4 heteroatoms. The van der Waals surface area contributed by atoms with Crippen molar-refractivity contribution in [3.8, 4) is 0 Å². The second-order valence-corrected chi connectivity index (χ2v) is 5.30. The van der Waals surface area contributed by atoms with Crippen LogP contribution in [0, 0.1) is 0 Å². The molecule has 1 aliphatic rings. The highest BCUT2D eigenvalue weighted by Gasteiger charge is 2.34. The van der Waals surface area contributed by atoms with Crippen molar-refractivity contribution >= 4 is 5.97 Å². The molecule has 0 heterocycles. The lowest BCUT2D eigenvalue weighted by Gasteiger charge is -2.32. The molecule has 0 aromatic rings. The first kappa shape index (κ1) is 14.5. The number of carbonyl (C=O) groups is 1. The first-order chi connectivity index (χ1) is 7.98. The topological polar surface area (TPSA) is 47.6 Å². The van der Waals surface area contributed by atoms with Gasteiger partial charge in [-0.3, -0.25) is 10.1 Å². The quantitative estimate of drug-likeness (QED) is 0.694. The molecule has 0 aliphatic heterocycles. The number of ether oxygens (including phenoxy) is 2. The molecular formula is C13H25NO3. The summed E-state index contributed by atoms with van der Waals surface area (Å²) in [6.45, 7) is 6.53. The summed E-state index contributed by atoms with van der Waals surface area (Å²) in [6, 6.07) is 0.239. The fourth-order valence-corrected chi connectivity index (χ4v) is 2.06. The largest absolute Gasteiger partial charge is 0.468 e. The molecular weight excluding hydrogens is 218 g/mol. The molecule has 4 nitrogen and oxygen atoms in total. The highest BCUT2D eigenvalue weighted by Crippen LogP contribution is 2.23. The van der Waals surface area contributed by atoms with Crippen LogP contribution in [0.1, 0.15) is 46.5 Å². The monoisotopic (exact) mass is 243 g/mol. The van der Waals surface area contributed by atoms with Gasteiger partial charge in [-0.1, -0.05) is 0 Å². The maximum atomic E-state index is 11.8. The summed E-state index contributed by atoms with van der Waals surface area (Å²) in [4.78, 5) is 11.8. The predicted molar refractivity (Wildman–Crippen MR) is 66.9 cm³/mol. The minimum atomic E-state index is -0.646. The van der Waals surface area contributed by atoms with E-state index >= 15 is 0 Å². The van der Waals surface area contributed by atoms with Crippen LogP contribution < -0.4 is 5.32 Å². The van der Waals surface area contributed by atoms with E-state index in [1.165, 1.54) is 13.5 Å². The van der Waals surface area contributed by atoms with Gasteiger partial charge < -0.3 is 9.47 Å². The first-order valence-electron chi connectivity index (χ1n) is 6.45. The molecule has 1 unspecified atom stereocenters. The van der Waals surface area contributed by atoms with E-state index in [-0.39, 0.29) is 12.0 Å². The SMILES string of the molecule is COC(=O)C(C)(CCOC1CCC1)NC(C)C.